The van der Waals surface area contributed by atoms with Gasteiger partial charge in [0.2, 0.25) is 0 Å². The van der Waals surface area contributed by atoms with E-state index in [1.54, 1.807) is 0 Å². The number of H-pyrrole nitrogens is 1. The van der Waals surface area contributed by atoms with E-state index in [4.69, 9.17) is 14.6 Å². The number of hydrogen-bond donors (Lipinski definition) is 4. The monoisotopic (exact) mass is 355 g/mol. The van der Waals surface area contributed by atoms with Crippen LogP contribution in [0.25, 0.3) is 0 Å². The average Bonchev–Trinajstić information content (AvgIpc) is 3.22. The number of aromatic amines is 1. The molecule has 0 spiro atoms. The Labute approximate surface area is 142 Å². The molecule has 138 valence electrons. The maximum Gasteiger partial charge on any atom is 0.330 e. The topological polar surface area (TPSA) is 143 Å². The first-order chi connectivity index (χ1) is 12.0. The molecule has 0 aromatic carbocycles. The van der Waals surface area contributed by atoms with Crippen molar-refractivity contribution in [3.8, 4) is 0 Å². The Balaban J connectivity index is 1.77. The molecule has 3 rings (SSSR count). The van der Waals surface area contributed by atoms with Gasteiger partial charge in [0.25, 0.3) is 11.5 Å². The molecule has 1 aromatic heterocycles. The van der Waals surface area contributed by atoms with E-state index in [1.807, 2.05) is 0 Å². The Kier molecular flexibility index (Phi) is 5.33. The van der Waals surface area contributed by atoms with E-state index < -0.39 is 42.2 Å². The predicted molar refractivity (Wildman–Crippen MR) is 84.2 cm³/mol. The van der Waals surface area contributed by atoms with Gasteiger partial charge in [-0.15, -0.1) is 0 Å². The lowest BCUT2D eigenvalue weighted by Crippen LogP contribution is -2.40. The summed E-state index contributed by atoms with van der Waals surface area (Å²) in [4.78, 5) is 38.3. The molecule has 0 bridgehead atoms. The van der Waals surface area contributed by atoms with Crippen LogP contribution in [0.15, 0.2) is 15.8 Å². The van der Waals surface area contributed by atoms with E-state index in [1.165, 1.54) is 0 Å². The van der Waals surface area contributed by atoms with Crippen molar-refractivity contribution < 1.29 is 24.5 Å². The van der Waals surface area contributed by atoms with Gasteiger partial charge in [0, 0.05) is 25.8 Å². The van der Waals surface area contributed by atoms with Crippen molar-refractivity contribution in [1.82, 2.24) is 14.9 Å². The van der Waals surface area contributed by atoms with E-state index >= 15 is 0 Å². The molecule has 0 radical (unpaired) electrons. The SMILES string of the molecule is O=C(NC[C@@H]1CCCO1)c1cn([C@H]2C[C@@H](O)C(CO)O2)c(=O)[nH]c1=O. The molecule has 2 fully saturated rings. The number of rotatable bonds is 5. The number of nitrogens with zero attached hydrogens (tertiary/aromatic N) is 1. The highest BCUT2D eigenvalue weighted by atomic mass is 16.5. The van der Waals surface area contributed by atoms with E-state index in [-0.39, 0.29) is 24.6 Å². The van der Waals surface area contributed by atoms with Crippen LogP contribution in [0, 0.1) is 0 Å². The Morgan fingerprint density at radius 3 is 2.88 bits per heavy atom. The summed E-state index contributed by atoms with van der Waals surface area (Å²) in [5.74, 6) is -0.622. The van der Waals surface area contributed by atoms with E-state index in [0.717, 1.165) is 23.6 Å². The Hall–Kier alpha value is -2.01. The normalized spacial score (nSPS) is 29.0. The fourth-order valence-corrected chi connectivity index (χ4v) is 3.02. The summed E-state index contributed by atoms with van der Waals surface area (Å²) in [5.41, 5.74) is -1.79. The summed E-state index contributed by atoms with van der Waals surface area (Å²) >= 11 is 0. The molecular weight excluding hydrogens is 334 g/mol. The second kappa shape index (κ2) is 7.48. The maximum absolute atomic E-state index is 12.3. The van der Waals surface area contributed by atoms with Crippen LogP contribution >= 0.6 is 0 Å². The van der Waals surface area contributed by atoms with Gasteiger partial charge in [-0.3, -0.25) is 19.1 Å². The molecule has 2 aliphatic rings. The van der Waals surface area contributed by atoms with Crippen LogP contribution < -0.4 is 16.6 Å². The first kappa shape index (κ1) is 17.8. The molecule has 1 unspecified atom stereocenters. The summed E-state index contributed by atoms with van der Waals surface area (Å²) in [6.45, 7) is 0.534. The minimum atomic E-state index is -0.939. The number of ether oxygens (including phenoxy) is 2. The molecule has 4 N–H and O–H groups in total. The number of carbonyl (C=O) groups is 1. The first-order valence-corrected chi connectivity index (χ1v) is 8.19. The van der Waals surface area contributed by atoms with Crippen molar-refractivity contribution >= 4 is 5.91 Å². The number of nitrogens with one attached hydrogen (secondary N) is 2. The molecule has 2 aliphatic heterocycles. The molecule has 3 heterocycles. The minimum absolute atomic E-state index is 0.0636. The second-order valence-corrected chi connectivity index (χ2v) is 6.17. The van der Waals surface area contributed by atoms with Gasteiger partial charge in [-0.05, 0) is 12.8 Å². The zero-order valence-corrected chi connectivity index (χ0v) is 13.5. The van der Waals surface area contributed by atoms with Gasteiger partial charge < -0.3 is 25.0 Å². The largest absolute Gasteiger partial charge is 0.394 e. The lowest BCUT2D eigenvalue weighted by atomic mass is 10.2. The molecule has 0 saturated carbocycles. The standard InChI is InChI=1S/C15H21N3O7/c19-7-11-10(20)4-12(25-11)18-6-9(14(22)17-15(18)23)13(21)16-5-8-2-1-3-24-8/h6,8,10-12,19-20H,1-5,7H2,(H,16,21)(H,17,22,23)/t8-,10+,11?,12+/m0/s1. The van der Waals surface area contributed by atoms with Crippen LogP contribution in [-0.4, -0.2) is 63.7 Å². The van der Waals surface area contributed by atoms with Crippen molar-refractivity contribution in [3.63, 3.8) is 0 Å². The van der Waals surface area contributed by atoms with Gasteiger partial charge in [-0.25, -0.2) is 4.79 Å². The van der Waals surface area contributed by atoms with E-state index in [9.17, 15) is 19.5 Å². The van der Waals surface area contributed by atoms with Gasteiger partial charge in [-0.2, -0.15) is 0 Å². The highest BCUT2D eigenvalue weighted by molar-refractivity contribution is 5.93. The third-order valence-corrected chi connectivity index (χ3v) is 4.42. The highest BCUT2D eigenvalue weighted by Crippen LogP contribution is 2.27. The van der Waals surface area contributed by atoms with Crippen LogP contribution in [0.5, 0.6) is 0 Å². The summed E-state index contributed by atoms with van der Waals surface area (Å²) in [6, 6.07) is 0. The highest BCUT2D eigenvalue weighted by Gasteiger charge is 2.35. The first-order valence-electron chi connectivity index (χ1n) is 8.19. The molecule has 1 amide bonds. The van der Waals surface area contributed by atoms with Crippen LogP contribution in [0.3, 0.4) is 0 Å². The van der Waals surface area contributed by atoms with Crippen molar-refractivity contribution in [2.45, 2.75) is 43.8 Å². The molecule has 10 nitrogen and oxygen atoms in total. The van der Waals surface area contributed by atoms with Crippen molar-refractivity contribution in [3.05, 3.63) is 32.6 Å². The predicted octanol–water partition coefficient (Wildman–Crippen LogP) is -1.91. The minimum Gasteiger partial charge on any atom is -0.394 e. The van der Waals surface area contributed by atoms with Crippen LogP contribution in [0.4, 0.5) is 0 Å². The Bertz CT molecular complexity index is 737. The van der Waals surface area contributed by atoms with Gasteiger partial charge in [-0.1, -0.05) is 0 Å². The zero-order valence-electron chi connectivity index (χ0n) is 13.5. The van der Waals surface area contributed by atoms with Crippen molar-refractivity contribution in [2.24, 2.45) is 0 Å². The van der Waals surface area contributed by atoms with E-state index in [0.29, 0.717) is 6.61 Å². The van der Waals surface area contributed by atoms with Crippen molar-refractivity contribution in [1.29, 1.82) is 0 Å². The van der Waals surface area contributed by atoms with Gasteiger partial charge >= 0.3 is 5.69 Å². The van der Waals surface area contributed by atoms with Crippen LogP contribution in [0.1, 0.15) is 35.8 Å². The molecule has 0 aliphatic carbocycles. The van der Waals surface area contributed by atoms with Gasteiger partial charge in [0.1, 0.15) is 17.9 Å². The van der Waals surface area contributed by atoms with Crippen LogP contribution in [0.2, 0.25) is 0 Å². The van der Waals surface area contributed by atoms with Crippen LogP contribution in [-0.2, 0) is 9.47 Å². The second-order valence-electron chi connectivity index (χ2n) is 6.17. The summed E-state index contributed by atoms with van der Waals surface area (Å²) in [6.07, 6.45) is 0.239. The molecule has 4 atom stereocenters. The fraction of sp³-hybridized carbons (Fsp3) is 0.667. The third kappa shape index (κ3) is 3.82. The van der Waals surface area contributed by atoms with Gasteiger partial charge in [0.15, 0.2) is 0 Å². The summed E-state index contributed by atoms with van der Waals surface area (Å²) in [7, 11) is 0. The smallest absolute Gasteiger partial charge is 0.330 e. The molecule has 2 saturated heterocycles. The number of aliphatic hydroxyl groups excluding tert-OH is 2. The molecular formula is C15H21N3O7. The molecule has 1 aromatic rings. The lowest BCUT2D eigenvalue weighted by Gasteiger charge is -2.15. The fourth-order valence-electron chi connectivity index (χ4n) is 3.02. The number of aliphatic hydroxyl groups is 2. The number of carbonyl (C=O) groups excluding carboxylic acids is 1. The summed E-state index contributed by atoms with van der Waals surface area (Å²) in [5, 5.41) is 21.5. The number of hydrogen-bond acceptors (Lipinski definition) is 7. The van der Waals surface area contributed by atoms with Gasteiger partial charge in [0.05, 0.1) is 18.8 Å². The Morgan fingerprint density at radius 1 is 1.44 bits per heavy atom. The Morgan fingerprint density at radius 2 is 2.24 bits per heavy atom. The zero-order chi connectivity index (χ0) is 18.0. The molecule has 10 heteroatoms. The maximum atomic E-state index is 12.3. The van der Waals surface area contributed by atoms with Crippen molar-refractivity contribution in [2.75, 3.05) is 19.8 Å². The number of amides is 1. The quantitative estimate of drug-likeness (QED) is 0.482. The lowest BCUT2D eigenvalue weighted by molar-refractivity contribution is -0.0459. The number of aromatic nitrogens is 2. The average molecular weight is 355 g/mol. The molecule has 25 heavy (non-hydrogen) atoms. The third-order valence-electron chi connectivity index (χ3n) is 4.42. The van der Waals surface area contributed by atoms with E-state index in [2.05, 4.69) is 10.3 Å². The summed E-state index contributed by atoms with van der Waals surface area (Å²) < 4.78 is 11.8.